The van der Waals surface area contributed by atoms with Gasteiger partial charge in [-0.1, -0.05) is 54.9 Å². The predicted octanol–water partition coefficient (Wildman–Crippen LogP) is 5.50. The van der Waals surface area contributed by atoms with Crippen LogP contribution in [0, 0.1) is 0 Å². The van der Waals surface area contributed by atoms with Crippen molar-refractivity contribution in [2.45, 2.75) is 19.4 Å². The van der Waals surface area contributed by atoms with E-state index < -0.39 is 6.10 Å². The number of rotatable bonds is 4. The second-order valence-electron chi connectivity index (χ2n) is 5.50. The third-order valence-electron chi connectivity index (χ3n) is 3.80. The van der Waals surface area contributed by atoms with Crippen molar-refractivity contribution in [2.24, 2.45) is 0 Å². The molecule has 0 saturated heterocycles. The van der Waals surface area contributed by atoms with Crippen molar-refractivity contribution >= 4 is 34.7 Å². The van der Waals surface area contributed by atoms with E-state index >= 15 is 0 Å². The zero-order valence-corrected chi connectivity index (χ0v) is 13.7. The molecule has 0 aliphatic carbocycles. The molecule has 23 heavy (non-hydrogen) atoms. The maximum Gasteiger partial charge on any atom is 0.0787 e. The van der Waals surface area contributed by atoms with Crippen molar-refractivity contribution in [1.29, 1.82) is 0 Å². The van der Waals surface area contributed by atoms with E-state index in [9.17, 15) is 5.11 Å². The molecule has 3 aromatic rings. The smallest absolute Gasteiger partial charge is 0.0787 e. The lowest BCUT2D eigenvalue weighted by Crippen LogP contribution is -1.94. The van der Waals surface area contributed by atoms with Crippen molar-refractivity contribution < 1.29 is 5.11 Å². The highest BCUT2D eigenvalue weighted by molar-refractivity contribution is 6.31. The van der Waals surface area contributed by atoms with Crippen LogP contribution >= 0.6 is 11.6 Å². The van der Waals surface area contributed by atoms with Gasteiger partial charge < -0.3 is 5.11 Å². The van der Waals surface area contributed by atoms with Crippen molar-refractivity contribution in [2.75, 3.05) is 0 Å². The summed E-state index contributed by atoms with van der Waals surface area (Å²) in [6.07, 6.45) is 4.27. The molecule has 1 unspecified atom stereocenters. The van der Waals surface area contributed by atoms with Gasteiger partial charge in [-0.2, -0.15) is 0 Å². The first-order valence-electron chi connectivity index (χ1n) is 7.68. The van der Waals surface area contributed by atoms with E-state index in [2.05, 4.69) is 4.98 Å². The molecule has 0 amide bonds. The maximum absolute atomic E-state index is 9.93. The fourth-order valence-electron chi connectivity index (χ4n) is 2.49. The number of benzene rings is 2. The lowest BCUT2D eigenvalue weighted by Gasteiger charge is -2.08. The van der Waals surface area contributed by atoms with Crippen LogP contribution in [0.2, 0.25) is 5.02 Å². The van der Waals surface area contributed by atoms with Gasteiger partial charge in [-0.3, -0.25) is 0 Å². The first-order chi connectivity index (χ1) is 11.2. The van der Waals surface area contributed by atoms with Crippen molar-refractivity contribution in [3.63, 3.8) is 0 Å². The van der Waals surface area contributed by atoms with Crippen LogP contribution in [-0.4, -0.2) is 10.1 Å². The summed E-state index contributed by atoms with van der Waals surface area (Å²) in [5.74, 6) is 0. The Kier molecular flexibility index (Phi) is 4.75. The average molecular weight is 324 g/mol. The molecular weight excluding hydrogens is 306 g/mol. The maximum atomic E-state index is 9.93. The molecule has 3 heteroatoms. The summed E-state index contributed by atoms with van der Waals surface area (Å²) in [5, 5.41) is 11.7. The quantitative estimate of drug-likeness (QED) is 0.687. The Bertz CT molecular complexity index is 857. The predicted molar refractivity (Wildman–Crippen MR) is 97.4 cm³/mol. The van der Waals surface area contributed by atoms with Gasteiger partial charge in [0.15, 0.2) is 0 Å². The molecule has 1 N–H and O–H groups in total. The van der Waals surface area contributed by atoms with E-state index in [1.54, 1.807) is 0 Å². The Morgan fingerprint density at radius 1 is 1.09 bits per heavy atom. The van der Waals surface area contributed by atoms with Gasteiger partial charge in [0.2, 0.25) is 0 Å². The topological polar surface area (TPSA) is 33.1 Å². The molecule has 1 aromatic heterocycles. The minimum atomic E-state index is -0.413. The summed E-state index contributed by atoms with van der Waals surface area (Å²) in [7, 11) is 0. The van der Waals surface area contributed by atoms with Crippen molar-refractivity contribution in [3.05, 3.63) is 76.4 Å². The van der Waals surface area contributed by atoms with Crippen LogP contribution in [-0.2, 0) is 0 Å². The van der Waals surface area contributed by atoms with Crippen molar-refractivity contribution in [3.8, 4) is 0 Å². The molecule has 2 nitrogen and oxygen atoms in total. The molecule has 0 bridgehead atoms. The molecular formula is C20H18ClNO. The first-order valence-corrected chi connectivity index (χ1v) is 8.06. The lowest BCUT2D eigenvalue weighted by atomic mass is 10.0. The molecule has 1 atom stereocenters. The Labute approximate surface area is 141 Å². The molecule has 3 rings (SSSR count). The van der Waals surface area contributed by atoms with E-state index in [0.29, 0.717) is 11.4 Å². The van der Waals surface area contributed by atoms with E-state index in [4.69, 9.17) is 11.6 Å². The number of hydrogen-bond acceptors (Lipinski definition) is 2. The highest BCUT2D eigenvalue weighted by Crippen LogP contribution is 2.20. The van der Waals surface area contributed by atoms with Crippen LogP contribution in [0.1, 0.15) is 36.3 Å². The van der Waals surface area contributed by atoms with E-state index in [1.165, 1.54) is 0 Å². The highest BCUT2D eigenvalue weighted by atomic mass is 35.5. The molecule has 0 fully saturated rings. The Hall–Kier alpha value is -2.16. The molecule has 0 aliphatic heterocycles. The Morgan fingerprint density at radius 2 is 1.91 bits per heavy atom. The average Bonchev–Trinajstić information content (AvgIpc) is 2.59. The van der Waals surface area contributed by atoms with Crippen LogP contribution in [0.25, 0.3) is 23.1 Å². The first kappa shape index (κ1) is 15.7. The Balaban J connectivity index is 1.87. The number of halogens is 1. The van der Waals surface area contributed by atoms with Crippen LogP contribution < -0.4 is 0 Å². The summed E-state index contributed by atoms with van der Waals surface area (Å²) in [6.45, 7) is 1.97. The van der Waals surface area contributed by atoms with Gasteiger partial charge in [0.25, 0.3) is 0 Å². The van der Waals surface area contributed by atoms with E-state index in [1.807, 2.05) is 73.7 Å². The molecule has 0 aliphatic rings. The normalized spacial score (nSPS) is 12.8. The largest absolute Gasteiger partial charge is 0.388 e. The summed E-state index contributed by atoms with van der Waals surface area (Å²) in [6, 6.07) is 17.6. The third-order valence-corrected chi connectivity index (χ3v) is 4.04. The lowest BCUT2D eigenvalue weighted by molar-refractivity contribution is 0.173. The minimum absolute atomic E-state index is 0.413. The zero-order chi connectivity index (χ0) is 16.2. The molecule has 1 heterocycles. The number of hydrogen-bond donors (Lipinski definition) is 1. The molecule has 116 valence electrons. The van der Waals surface area contributed by atoms with Gasteiger partial charge in [-0.15, -0.1) is 0 Å². The third kappa shape index (κ3) is 3.79. The summed E-state index contributed by atoms with van der Waals surface area (Å²) < 4.78 is 0. The van der Waals surface area contributed by atoms with Gasteiger partial charge in [-0.05, 0) is 47.9 Å². The second-order valence-corrected chi connectivity index (χ2v) is 5.94. The number of aliphatic hydroxyl groups is 1. The summed E-state index contributed by atoms with van der Waals surface area (Å²) >= 11 is 6.02. The molecule has 0 spiro atoms. The van der Waals surface area contributed by atoms with Crippen LogP contribution in [0.5, 0.6) is 0 Å². The van der Waals surface area contributed by atoms with Crippen LogP contribution in [0.4, 0.5) is 0 Å². The van der Waals surface area contributed by atoms with Gasteiger partial charge in [0, 0.05) is 10.4 Å². The number of fused-ring (bicyclic) bond motifs is 1. The monoisotopic (exact) mass is 323 g/mol. The van der Waals surface area contributed by atoms with Gasteiger partial charge in [-0.25, -0.2) is 4.98 Å². The standard InChI is InChI=1S/C20H18ClNO/c1-2-20(23)16-5-3-4-14(12-16)6-10-18-11-8-15-7-9-17(21)13-19(15)22-18/h3-13,20,23H,2H2,1H3/b10-6+. The molecule has 0 radical (unpaired) electrons. The SMILES string of the molecule is CCC(O)c1cccc(/C=C/c2ccc3ccc(Cl)cc3n2)c1. The highest BCUT2D eigenvalue weighted by Gasteiger charge is 2.04. The van der Waals surface area contributed by atoms with Crippen molar-refractivity contribution in [1.82, 2.24) is 4.98 Å². The zero-order valence-electron chi connectivity index (χ0n) is 12.9. The molecule has 2 aromatic carbocycles. The van der Waals surface area contributed by atoms with Crippen LogP contribution in [0.15, 0.2) is 54.6 Å². The fourth-order valence-corrected chi connectivity index (χ4v) is 2.65. The summed E-state index contributed by atoms with van der Waals surface area (Å²) in [5.41, 5.74) is 3.74. The van der Waals surface area contributed by atoms with Gasteiger partial charge in [0.05, 0.1) is 17.3 Å². The van der Waals surface area contributed by atoms with Gasteiger partial charge >= 0.3 is 0 Å². The van der Waals surface area contributed by atoms with E-state index in [-0.39, 0.29) is 0 Å². The fraction of sp³-hybridized carbons (Fsp3) is 0.150. The number of nitrogens with zero attached hydrogens (tertiary/aromatic N) is 1. The number of aromatic nitrogens is 1. The summed E-state index contributed by atoms with van der Waals surface area (Å²) in [4.78, 5) is 4.60. The van der Waals surface area contributed by atoms with Gasteiger partial charge in [0.1, 0.15) is 0 Å². The van der Waals surface area contributed by atoms with E-state index in [0.717, 1.165) is 27.7 Å². The number of aliphatic hydroxyl groups excluding tert-OH is 1. The number of pyridine rings is 1. The second kappa shape index (κ2) is 6.95. The minimum Gasteiger partial charge on any atom is -0.388 e. The van der Waals surface area contributed by atoms with Crippen LogP contribution in [0.3, 0.4) is 0 Å². The Morgan fingerprint density at radius 3 is 2.74 bits per heavy atom. The molecule has 0 saturated carbocycles.